The van der Waals surface area contributed by atoms with E-state index < -0.39 is 5.91 Å². The van der Waals surface area contributed by atoms with Crippen LogP contribution in [0, 0.1) is 6.92 Å². The van der Waals surface area contributed by atoms with Crippen molar-refractivity contribution in [2.75, 3.05) is 6.61 Å². The number of carbonyl (C=O) groups excluding carboxylic acids is 2. The van der Waals surface area contributed by atoms with Gasteiger partial charge in [0.05, 0.1) is 9.35 Å². The zero-order valence-electron chi connectivity index (χ0n) is 13.1. The number of hydrogen-bond donors (Lipinski definition) is 2. The number of hydrazine groups is 1. The van der Waals surface area contributed by atoms with E-state index >= 15 is 0 Å². The molecule has 0 aliphatic heterocycles. The molecule has 0 aliphatic rings. The third-order valence-electron chi connectivity index (χ3n) is 3.13. The van der Waals surface area contributed by atoms with Crippen molar-refractivity contribution in [2.24, 2.45) is 0 Å². The normalized spacial score (nSPS) is 10.3. The second-order valence-corrected chi connectivity index (χ2v) is 7.36. The number of benzene rings is 1. The summed E-state index contributed by atoms with van der Waals surface area (Å²) < 4.78 is 6.01. The summed E-state index contributed by atoms with van der Waals surface area (Å²) in [5.74, 6) is -0.319. The van der Waals surface area contributed by atoms with Gasteiger partial charge >= 0.3 is 0 Å². The first-order valence-electron chi connectivity index (χ1n) is 7.17. The first-order valence-corrected chi connectivity index (χ1v) is 9.15. The van der Waals surface area contributed by atoms with Crippen LogP contribution in [0.1, 0.15) is 27.0 Å². The Balaban J connectivity index is 1.83. The molecule has 8 heteroatoms. The van der Waals surface area contributed by atoms with Crippen molar-refractivity contribution in [2.45, 2.75) is 20.3 Å². The molecule has 0 atom stereocenters. The van der Waals surface area contributed by atoms with Crippen LogP contribution in [0.15, 0.2) is 28.7 Å². The highest BCUT2D eigenvalue weighted by Crippen LogP contribution is 2.27. The highest BCUT2D eigenvalue weighted by Gasteiger charge is 2.13. The SMILES string of the molecule is CCc1sc(C(=O)NNC(=O)COc2ccc(Cl)cc2Br)cc1C. The molecule has 1 aromatic heterocycles. The Hall–Kier alpha value is -1.57. The van der Waals surface area contributed by atoms with Gasteiger partial charge in [-0.05, 0) is 59.1 Å². The highest BCUT2D eigenvalue weighted by atomic mass is 79.9. The van der Waals surface area contributed by atoms with Gasteiger partial charge < -0.3 is 4.74 Å². The molecular formula is C16H16BrClN2O3S. The largest absolute Gasteiger partial charge is 0.483 e. The Morgan fingerprint density at radius 3 is 2.67 bits per heavy atom. The average Bonchev–Trinajstić information content (AvgIpc) is 2.92. The first kappa shape index (κ1) is 18.8. The van der Waals surface area contributed by atoms with Gasteiger partial charge in [-0.25, -0.2) is 0 Å². The fraction of sp³-hybridized carbons (Fsp3) is 0.250. The van der Waals surface area contributed by atoms with E-state index in [-0.39, 0.29) is 12.5 Å². The predicted molar refractivity (Wildman–Crippen MR) is 98.7 cm³/mol. The summed E-state index contributed by atoms with van der Waals surface area (Å²) in [6, 6.07) is 6.79. The van der Waals surface area contributed by atoms with E-state index in [4.69, 9.17) is 16.3 Å². The monoisotopic (exact) mass is 430 g/mol. The Kier molecular flexibility index (Phi) is 6.65. The zero-order valence-corrected chi connectivity index (χ0v) is 16.3. The molecule has 0 fully saturated rings. The summed E-state index contributed by atoms with van der Waals surface area (Å²) in [6.45, 7) is 3.77. The maximum absolute atomic E-state index is 12.0. The molecule has 0 saturated carbocycles. The second-order valence-electron chi connectivity index (χ2n) is 4.94. The molecule has 128 valence electrons. The van der Waals surface area contributed by atoms with Gasteiger partial charge in [0.2, 0.25) is 0 Å². The third kappa shape index (κ3) is 4.96. The number of ether oxygens (including phenoxy) is 1. The van der Waals surface area contributed by atoms with E-state index in [0.717, 1.165) is 16.9 Å². The van der Waals surface area contributed by atoms with E-state index in [1.165, 1.54) is 11.3 Å². The third-order valence-corrected chi connectivity index (χ3v) is 5.37. The molecule has 1 heterocycles. The van der Waals surface area contributed by atoms with Crippen molar-refractivity contribution < 1.29 is 14.3 Å². The lowest BCUT2D eigenvalue weighted by molar-refractivity contribution is -0.123. The molecule has 1 aromatic carbocycles. The summed E-state index contributed by atoms with van der Waals surface area (Å²) in [5, 5.41) is 0.559. The summed E-state index contributed by atoms with van der Waals surface area (Å²) >= 11 is 10.6. The maximum Gasteiger partial charge on any atom is 0.279 e. The molecule has 5 nitrogen and oxygen atoms in total. The van der Waals surface area contributed by atoms with Crippen LogP contribution in [-0.2, 0) is 11.2 Å². The van der Waals surface area contributed by atoms with Crippen LogP contribution in [0.5, 0.6) is 5.75 Å². The van der Waals surface area contributed by atoms with Gasteiger partial charge in [0.15, 0.2) is 6.61 Å². The van der Waals surface area contributed by atoms with Gasteiger partial charge in [0.1, 0.15) is 5.75 Å². The molecule has 2 aromatic rings. The number of amides is 2. The van der Waals surface area contributed by atoms with Gasteiger partial charge in [0, 0.05) is 9.90 Å². The van der Waals surface area contributed by atoms with Gasteiger partial charge in [0.25, 0.3) is 11.8 Å². The summed E-state index contributed by atoms with van der Waals surface area (Å²) in [5.41, 5.74) is 5.79. The number of rotatable bonds is 5. The number of aryl methyl sites for hydroxylation is 2. The van der Waals surface area contributed by atoms with Crippen molar-refractivity contribution in [3.05, 3.63) is 49.1 Å². The molecule has 0 bridgehead atoms. The van der Waals surface area contributed by atoms with Crippen molar-refractivity contribution in [1.82, 2.24) is 10.9 Å². The molecule has 0 saturated heterocycles. The Morgan fingerprint density at radius 2 is 2.04 bits per heavy atom. The number of carbonyl (C=O) groups is 2. The summed E-state index contributed by atoms with van der Waals surface area (Å²) in [7, 11) is 0. The van der Waals surface area contributed by atoms with E-state index in [1.807, 2.05) is 19.9 Å². The first-order chi connectivity index (χ1) is 11.4. The van der Waals surface area contributed by atoms with Crippen LogP contribution in [0.2, 0.25) is 5.02 Å². The van der Waals surface area contributed by atoms with Crippen LogP contribution in [0.3, 0.4) is 0 Å². The summed E-state index contributed by atoms with van der Waals surface area (Å²) in [4.78, 5) is 25.5. The van der Waals surface area contributed by atoms with Crippen LogP contribution in [-0.4, -0.2) is 18.4 Å². The molecule has 0 unspecified atom stereocenters. The van der Waals surface area contributed by atoms with E-state index in [2.05, 4.69) is 26.8 Å². The van der Waals surface area contributed by atoms with Crippen molar-refractivity contribution in [3.63, 3.8) is 0 Å². The fourth-order valence-corrected chi connectivity index (χ4v) is 3.75. The minimum atomic E-state index is -0.464. The van der Waals surface area contributed by atoms with Gasteiger partial charge in [-0.1, -0.05) is 18.5 Å². The van der Waals surface area contributed by atoms with E-state index in [0.29, 0.717) is 20.1 Å². The Labute approximate surface area is 157 Å². The van der Waals surface area contributed by atoms with Crippen LogP contribution in [0.4, 0.5) is 0 Å². The second kappa shape index (κ2) is 8.50. The highest BCUT2D eigenvalue weighted by molar-refractivity contribution is 9.10. The quantitative estimate of drug-likeness (QED) is 0.706. The summed E-state index contributed by atoms with van der Waals surface area (Å²) in [6.07, 6.45) is 0.875. The molecule has 0 spiro atoms. The molecule has 0 radical (unpaired) electrons. The molecule has 2 rings (SSSR count). The minimum Gasteiger partial charge on any atom is -0.483 e. The molecule has 2 amide bonds. The minimum absolute atomic E-state index is 0.232. The lowest BCUT2D eigenvalue weighted by atomic mass is 10.2. The van der Waals surface area contributed by atoms with Crippen LogP contribution in [0.25, 0.3) is 0 Å². The van der Waals surface area contributed by atoms with Crippen molar-refractivity contribution in [3.8, 4) is 5.75 Å². The maximum atomic E-state index is 12.0. The van der Waals surface area contributed by atoms with Gasteiger partial charge in [-0.15, -0.1) is 11.3 Å². The predicted octanol–water partition coefficient (Wildman–Crippen LogP) is 3.87. The standard InChI is InChI=1S/C16H16BrClN2O3S/c1-3-13-9(2)6-14(24-13)16(22)20-19-15(21)8-23-12-5-4-10(18)7-11(12)17/h4-7H,3,8H2,1-2H3,(H,19,21)(H,20,22). The number of thiophene rings is 1. The molecule has 2 N–H and O–H groups in total. The van der Waals surface area contributed by atoms with Crippen LogP contribution >= 0.6 is 38.9 Å². The van der Waals surface area contributed by atoms with Gasteiger partial charge in [-0.2, -0.15) is 0 Å². The average molecular weight is 432 g/mol. The molecule has 0 aliphatic carbocycles. The lowest BCUT2D eigenvalue weighted by Crippen LogP contribution is -2.43. The van der Waals surface area contributed by atoms with E-state index in [1.54, 1.807) is 18.2 Å². The molecular weight excluding hydrogens is 416 g/mol. The van der Waals surface area contributed by atoms with E-state index in [9.17, 15) is 9.59 Å². The van der Waals surface area contributed by atoms with Crippen LogP contribution < -0.4 is 15.6 Å². The molecule has 24 heavy (non-hydrogen) atoms. The number of halogens is 2. The van der Waals surface area contributed by atoms with Crippen molar-refractivity contribution >= 4 is 50.7 Å². The van der Waals surface area contributed by atoms with Crippen molar-refractivity contribution in [1.29, 1.82) is 0 Å². The topological polar surface area (TPSA) is 67.4 Å². The number of nitrogens with one attached hydrogen (secondary N) is 2. The Morgan fingerprint density at radius 1 is 1.29 bits per heavy atom. The Bertz CT molecular complexity index is 764. The van der Waals surface area contributed by atoms with Gasteiger partial charge in [-0.3, -0.25) is 20.4 Å². The lowest BCUT2D eigenvalue weighted by Gasteiger charge is -2.09. The number of hydrogen-bond acceptors (Lipinski definition) is 4. The fourth-order valence-electron chi connectivity index (χ4n) is 1.94. The zero-order chi connectivity index (χ0) is 17.7. The smallest absolute Gasteiger partial charge is 0.279 e.